The van der Waals surface area contributed by atoms with E-state index in [1.807, 2.05) is 19.1 Å². The highest BCUT2D eigenvalue weighted by molar-refractivity contribution is 7.89. The first kappa shape index (κ1) is 22.7. The average Bonchev–Trinajstić information content (AvgIpc) is 3.23. The van der Waals surface area contributed by atoms with Crippen molar-refractivity contribution < 1.29 is 18.0 Å². The highest BCUT2D eigenvalue weighted by atomic mass is 32.2. The zero-order valence-corrected chi connectivity index (χ0v) is 19.3. The Morgan fingerprint density at radius 1 is 1.06 bits per heavy atom. The van der Waals surface area contributed by atoms with Crippen molar-refractivity contribution in [2.24, 2.45) is 0 Å². The zero-order valence-electron chi connectivity index (χ0n) is 18.5. The lowest BCUT2D eigenvalue weighted by Gasteiger charge is -2.35. The minimum absolute atomic E-state index is 0.176. The van der Waals surface area contributed by atoms with Crippen LogP contribution in [0.5, 0.6) is 0 Å². The largest absolute Gasteiger partial charge is 0.369 e. The van der Waals surface area contributed by atoms with Gasteiger partial charge in [-0.1, -0.05) is 0 Å². The van der Waals surface area contributed by atoms with Gasteiger partial charge < -0.3 is 15.5 Å². The summed E-state index contributed by atoms with van der Waals surface area (Å²) in [6, 6.07) is 9.98. The third-order valence-electron chi connectivity index (χ3n) is 5.50. The molecule has 0 atom stereocenters. The lowest BCUT2D eigenvalue weighted by Crippen LogP contribution is -2.48. The van der Waals surface area contributed by atoms with Crippen LogP contribution in [0.2, 0.25) is 0 Å². The smallest absolute Gasteiger partial charge is 0.255 e. The topological polar surface area (TPSA) is 116 Å². The summed E-state index contributed by atoms with van der Waals surface area (Å²) in [7, 11) is -3.64. The molecule has 174 valence electrons. The van der Waals surface area contributed by atoms with Gasteiger partial charge in [-0.2, -0.15) is 9.40 Å². The number of fused-ring (bicyclic) bond motifs is 1. The number of benzene rings is 1. The fourth-order valence-corrected chi connectivity index (χ4v) is 5.27. The van der Waals surface area contributed by atoms with Crippen molar-refractivity contribution >= 4 is 38.7 Å². The van der Waals surface area contributed by atoms with Crippen molar-refractivity contribution in [3.05, 3.63) is 54.4 Å². The van der Waals surface area contributed by atoms with Gasteiger partial charge in [-0.05, 0) is 43.3 Å². The molecule has 0 radical (unpaired) electrons. The van der Waals surface area contributed by atoms with E-state index in [-0.39, 0.29) is 16.7 Å². The van der Waals surface area contributed by atoms with Crippen molar-refractivity contribution in [3.63, 3.8) is 0 Å². The van der Waals surface area contributed by atoms with E-state index < -0.39 is 10.0 Å². The Kier molecular flexibility index (Phi) is 6.34. The van der Waals surface area contributed by atoms with Gasteiger partial charge in [0.25, 0.3) is 5.91 Å². The van der Waals surface area contributed by atoms with Crippen LogP contribution in [0.25, 0.3) is 5.52 Å². The Morgan fingerprint density at radius 2 is 1.76 bits per heavy atom. The summed E-state index contributed by atoms with van der Waals surface area (Å²) < 4.78 is 29.2. The molecule has 0 spiro atoms. The van der Waals surface area contributed by atoms with Gasteiger partial charge in [-0.25, -0.2) is 12.9 Å². The van der Waals surface area contributed by atoms with E-state index in [1.54, 1.807) is 29.0 Å². The van der Waals surface area contributed by atoms with Gasteiger partial charge in [0.2, 0.25) is 15.9 Å². The van der Waals surface area contributed by atoms with Crippen molar-refractivity contribution in [3.8, 4) is 0 Å². The van der Waals surface area contributed by atoms with Gasteiger partial charge in [-0.15, -0.1) is 0 Å². The molecule has 2 N–H and O–H groups in total. The van der Waals surface area contributed by atoms with Crippen LogP contribution >= 0.6 is 0 Å². The van der Waals surface area contributed by atoms with Gasteiger partial charge in [0.1, 0.15) is 0 Å². The predicted octanol–water partition coefficient (Wildman–Crippen LogP) is 1.55. The molecule has 1 aliphatic rings. The molecule has 0 aliphatic carbocycles. The lowest BCUT2D eigenvalue weighted by atomic mass is 10.2. The standard InChI is InChI=1S/C22H26N6O4S/c1-3-23-22(30)20-15-24-28-9-8-18(14-21(20)28)26-10-12-27(13-11-26)33(31,32)19-6-4-17(5-7-19)25-16(2)29/h4-9,14-15H,3,10-13H2,1-2H3,(H,23,30)(H,25,29). The molecule has 0 saturated carbocycles. The average molecular weight is 471 g/mol. The molecule has 3 aromatic rings. The summed E-state index contributed by atoms with van der Waals surface area (Å²) >= 11 is 0. The van der Waals surface area contributed by atoms with Crippen LogP contribution in [0.15, 0.2) is 53.7 Å². The maximum Gasteiger partial charge on any atom is 0.255 e. The second-order valence-corrected chi connectivity index (χ2v) is 9.67. The van der Waals surface area contributed by atoms with E-state index in [0.717, 1.165) is 5.69 Å². The van der Waals surface area contributed by atoms with Crippen LogP contribution in [0.4, 0.5) is 11.4 Å². The summed E-state index contributed by atoms with van der Waals surface area (Å²) in [6.45, 7) is 5.50. The second kappa shape index (κ2) is 9.20. The molecule has 1 aliphatic heterocycles. The highest BCUT2D eigenvalue weighted by Gasteiger charge is 2.29. The number of nitrogens with one attached hydrogen (secondary N) is 2. The zero-order chi connectivity index (χ0) is 23.6. The Bertz CT molecular complexity index is 1280. The maximum atomic E-state index is 13.0. The van der Waals surface area contributed by atoms with Gasteiger partial charge in [0.05, 0.1) is 22.2 Å². The van der Waals surface area contributed by atoms with E-state index in [4.69, 9.17) is 0 Å². The number of sulfonamides is 1. The van der Waals surface area contributed by atoms with Crippen LogP contribution in [-0.2, 0) is 14.8 Å². The molecular weight excluding hydrogens is 444 g/mol. The fourth-order valence-electron chi connectivity index (χ4n) is 3.85. The number of piperazine rings is 1. The first-order chi connectivity index (χ1) is 15.8. The number of hydrogen-bond acceptors (Lipinski definition) is 6. The number of amides is 2. The molecular formula is C22H26N6O4S. The van der Waals surface area contributed by atoms with E-state index in [2.05, 4.69) is 20.6 Å². The number of pyridine rings is 1. The monoisotopic (exact) mass is 470 g/mol. The van der Waals surface area contributed by atoms with Crippen LogP contribution < -0.4 is 15.5 Å². The SMILES string of the molecule is CCNC(=O)c1cnn2ccc(N3CCN(S(=O)(=O)c4ccc(NC(C)=O)cc4)CC3)cc12. The molecule has 0 bridgehead atoms. The van der Waals surface area contributed by atoms with Gasteiger partial charge in [-0.3, -0.25) is 9.59 Å². The number of aromatic nitrogens is 2. The van der Waals surface area contributed by atoms with Crippen molar-refractivity contribution in [1.29, 1.82) is 0 Å². The summed E-state index contributed by atoms with van der Waals surface area (Å²) in [5.41, 5.74) is 2.66. The second-order valence-electron chi connectivity index (χ2n) is 7.73. The Hall–Kier alpha value is -3.44. The van der Waals surface area contributed by atoms with Crippen LogP contribution in [0.3, 0.4) is 0 Å². The normalized spacial score (nSPS) is 14.9. The number of nitrogens with zero attached hydrogens (tertiary/aromatic N) is 4. The molecule has 11 heteroatoms. The molecule has 2 aromatic heterocycles. The third-order valence-corrected chi connectivity index (χ3v) is 7.42. The lowest BCUT2D eigenvalue weighted by molar-refractivity contribution is -0.114. The van der Waals surface area contributed by atoms with Crippen LogP contribution in [-0.4, -0.2) is 66.9 Å². The van der Waals surface area contributed by atoms with E-state index >= 15 is 0 Å². The Labute approximate surface area is 192 Å². The van der Waals surface area contributed by atoms with E-state index in [1.165, 1.54) is 23.4 Å². The summed E-state index contributed by atoms with van der Waals surface area (Å²) in [4.78, 5) is 25.7. The quantitative estimate of drug-likeness (QED) is 0.565. The molecule has 10 nitrogen and oxygen atoms in total. The van der Waals surface area contributed by atoms with Crippen LogP contribution in [0, 0.1) is 0 Å². The summed E-state index contributed by atoms with van der Waals surface area (Å²) in [5, 5.41) is 9.65. The fraction of sp³-hybridized carbons (Fsp3) is 0.318. The summed E-state index contributed by atoms with van der Waals surface area (Å²) in [5.74, 6) is -0.390. The number of hydrogen-bond donors (Lipinski definition) is 2. The predicted molar refractivity (Wildman–Crippen MR) is 125 cm³/mol. The molecule has 1 aromatic carbocycles. The molecule has 1 fully saturated rings. The third kappa shape index (κ3) is 4.69. The first-order valence-corrected chi connectivity index (χ1v) is 12.1. The molecule has 3 heterocycles. The van der Waals surface area contributed by atoms with E-state index in [9.17, 15) is 18.0 Å². The van der Waals surface area contributed by atoms with Crippen molar-refractivity contribution in [2.45, 2.75) is 18.7 Å². The van der Waals surface area contributed by atoms with Gasteiger partial charge >= 0.3 is 0 Å². The first-order valence-electron chi connectivity index (χ1n) is 10.7. The number of carbonyl (C=O) groups is 2. The van der Waals surface area contributed by atoms with Crippen molar-refractivity contribution in [1.82, 2.24) is 19.2 Å². The Balaban J connectivity index is 1.47. The van der Waals surface area contributed by atoms with Crippen molar-refractivity contribution in [2.75, 3.05) is 42.9 Å². The van der Waals surface area contributed by atoms with Crippen LogP contribution in [0.1, 0.15) is 24.2 Å². The maximum absolute atomic E-state index is 13.0. The minimum Gasteiger partial charge on any atom is -0.369 e. The van der Waals surface area contributed by atoms with Gasteiger partial charge in [0, 0.05) is 57.2 Å². The Morgan fingerprint density at radius 3 is 2.39 bits per heavy atom. The highest BCUT2D eigenvalue weighted by Crippen LogP contribution is 2.24. The summed E-state index contributed by atoms with van der Waals surface area (Å²) in [6.07, 6.45) is 3.35. The number of anilines is 2. The minimum atomic E-state index is -3.64. The molecule has 4 rings (SSSR count). The molecule has 33 heavy (non-hydrogen) atoms. The van der Waals surface area contributed by atoms with E-state index in [0.29, 0.717) is 49.5 Å². The van der Waals surface area contributed by atoms with Gasteiger partial charge in [0.15, 0.2) is 0 Å². The molecule has 2 amide bonds. The molecule has 0 unspecified atom stereocenters. The molecule has 1 saturated heterocycles. The number of carbonyl (C=O) groups excluding carboxylic acids is 2. The number of rotatable bonds is 6.